The van der Waals surface area contributed by atoms with Crippen LogP contribution in [0.5, 0.6) is 5.75 Å². The molecule has 23 heavy (non-hydrogen) atoms. The Morgan fingerprint density at radius 2 is 1.70 bits per heavy atom. The Labute approximate surface area is 145 Å². The van der Waals surface area contributed by atoms with Gasteiger partial charge in [0.1, 0.15) is 5.75 Å². The molecule has 1 atom stereocenters. The zero-order chi connectivity index (χ0) is 16.8. The average Bonchev–Trinajstić information content (AvgIpc) is 2.47. The first-order chi connectivity index (χ1) is 10.8. The van der Waals surface area contributed by atoms with Crippen LogP contribution in [0.3, 0.4) is 0 Å². The van der Waals surface area contributed by atoms with E-state index in [2.05, 4.69) is 0 Å². The molecule has 1 aliphatic heterocycles. The van der Waals surface area contributed by atoms with E-state index >= 15 is 0 Å². The van der Waals surface area contributed by atoms with Crippen molar-refractivity contribution in [1.29, 1.82) is 0 Å². The second kappa shape index (κ2) is 5.93. The van der Waals surface area contributed by atoms with Crippen LogP contribution in [0.15, 0.2) is 36.4 Å². The molecule has 120 valence electrons. The molecule has 0 bridgehead atoms. The van der Waals surface area contributed by atoms with Gasteiger partial charge in [-0.2, -0.15) is 13.2 Å². The van der Waals surface area contributed by atoms with E-state index in [9.17, 15) is 13.2 Å². The molecule has 1 unspecified atom stereocenters. The van der Waals surface area contributed by atoms with Crippen LogP contribution in [0.25, 0.3) is 17.2 Å². The Kier molecular flexibility index (Phi) is 4.25. The fraction of sp³-hybridized carbons (Fsp3) is 0.125. The quantitative estimate of drug-likeness (QED) is 0.539. The normalized spacial score (nSPS) is 16.9. The number of benzene rings is 2. The van der Waals surface area contributed by atoms with E-state index in [4.69, 9.17) is 39.5 Å². The SMILES string of the molecule is FC(F)(F)C1C=Cc2cc(Cl)cc(-c3ccc(Cl)c(Cl)c3)c2O1. The summed E-state index contributed by atoms with van der Waals surface area (Å²) in [6.45, 7) is 0. The van der Waals surface area contributed by atoms with Gasteiger partial charge >= 0.3 is 6.18 Å². The van der Waals surface area contributed by atoms with Gasteiger partial charge in [0.2, 0.25) is 6.10 Å². The number of fused-ring (bicyclic) bond motifs is 1. The number of rotatable bonds is 1. The highest BCUT2D eigenvalue weighted by Gasteiger charge is 2.42. The molecule has 0 spiro atoms. The highest BCUT2D eigenvalue weighted by Crippen LogP contribution is 2.42. The molecule has 0 N–H and O–H groups in total. The first-order valence-electron chi connectivity index (χ1n) is 6.46. The van der Waals surface area contributed by atoms with Gasteiger partial charge in [-0.15, -0.1) is 0 Å². The minimum absolute atomic E-state index is 0.109. The van der Waals surface area contributed by atoms with Gasteiger partial charge in [-0.3, -0.25) is 0 Å². The molecular weight excluding hydrogens is 372 g/mol. The van der Waals surface area contributed by atoms with Gasteiger partial charge in [0.05, 0.1) is 10.0 Å². The lowest BCUT2D eigenvalue weighted by molar-refractivity contribution is -0.180. The Hall–Kier alpha value is -1.36. The Bertz CT molecular complexity index is 800. The molecule has 0 saturated carbocycles. The van der Waals surface area contributed by atoms with Crippen LogP contribution in [0, 0.1) is 0 Å². The van der Waals surface area contributed by atoms with Crippen LogP contribution >= 0.6 is 34.8 Å². The van der Waals surface area contributed by atoms with Crippen molar-refractivity contribution >= 4 is 40.9 Å². The van der Waals surface area contributed by atoms with Gasteiger partial charge in [-0.05, 0) is 35.9 Å². The lowest BCUT2D eigenvalue weighted by Gasteiger charge is -2.25. The van der Waals surface area contributed by atoms with Gasteiger partial charge < -0.3 is 4.74 Å². The second-order valence-electron chi connectivity index (χ2n) is 4.94. The second-order valence-corrected chi connectivity index (χ2v) is 6.19. The van der Waals surface area contributed by atoms with Crippen molar-refractivity contribution in [1.82, 2.24) is 0 Å². The first-order valence-corrected chi connectivity index (χ1v) is 7.59. The van der Waals surface area contributed by atoms with E-state index in [0.29, 0.717) is 26.7 Å². The number of alkyl halides is 3. The molecule has 7 heteroatoms. The highest BCUT2D eigenvalue weighted by molar-refractivity contribution is 6.42. The predicted octanol–water partition coefficient (Wildman–Crippen LogP) is 6.65. The average molecular weight is 380 g/mol. The van der Waals surface area contributed by atoms with Crippen LogP contribution in [-0.2, 0) is 0 Å². The van der Waals surface area contributed by atoms with E-state index in [0.717, 1.165) is 6.08 Å². The van der Waals surface area contributed by atoms with Gasteiger partial charge in [-0.1, -0.05) is 46.9 Å². The van der Waals surface area contributed by atoms with Crippen molar-refractivity contribution in [3.63, 3.8) is 0 Å². The first kappa shape index (κ1) is 16.5. The van der Waals surface area contributed by atoms with Gasteiger partial charge in [0.25, 0.3) is 0 Å². The van der Waals surface area contributed by atoms with E-state index in [1.807, 2.05) is 0 Å². The van der Waals surface area contributed by atoms with Gasteiger partial charge in [0.15, 0.2) is 0 Å². The number of hydrogen-bond acceptors (Lipinski definition) is 1. The maximum Gasteiger partial charge on any atom is 0.429 e. The Balaban J connectivity index is 2.14. The standard InChI is InChI=1S/C16H8Cl3F3O/c17-10-5-9-2-4-14(16(20,21)22)23-15(9)11(7-10)8-1-3-12(18)13(19)6-8/h1-7,14H. The van der Waals surface area contributed by atoms with Crippen LogP contribution in [0.2, 0.25) is 15.1 Å². The third-order valence-corrected chi connectivity index (χ3v) is 4.29. The summed E-state index contributed by atoms with van der Waals surface area (Å²) in [5, 5.41) is 1.01. The van der Waals surface area contributed by atoms with Gasteiger partial charge in [0, 0.05) is 16.1 Å². The molecule has 3 rings (SSSR count). The summed E-state index contributed by atoms with van der Waals surface area (Å²) < 4.78 is 43.9. The predicted molar refractivity (Wildman–Crippen MR) is 86.4 cm³/mol. The number of halogens is 6. The smallest absolute Gasteiger partial charge is 0.429 e. The molecule has 2 aromatic carbocycles. The third-order valence-electron chi connectivity index (χ3n) is 3.33. The van der Waals surface area contributed by atoms with E-state index in [-0.39, 0.29) is 10.8 Å². The van der Waals surface area contributed by atoms with E-state index in [1.54, 1.807) is 24.3 Å². The van der Waals surface area contributed by atoms with Crippen molar-refractivity contribution < 1.29 is 17.9 Å². The zero-order valence-electron chi connectivity index (χ0n) is 11.3. The van der Waals surface area contributed by atoms with Crippen molar-refractivity contribution in [3.8, 4) is 16.9 Å². The summed E-state index contributed by atoms with van der Waals surface area (Å²) in [5.74, 6) is 0.109. The molecule has 1 aliphatic rings. The monoisotopic (exact) mass is 378 g/mol. The molecule has 1 heterocycles. The van der Waals surface area contributed by atoms with Crippen molar-refractivity contribution in [3.05, 3.63) is 57.0 Å². The van der Waals surface area contributed by atoms with E-state index < -0.39 is 12.3 Å². The van der Waals surface area contributed by atoms with Crippen molar-refractivity contribution in [2.75, 3.05) is 0 Å². The maximum absolute atomic E-state index is 12.9. The molecule has 0 saturated heterocycles. The topological polar surface area (TPSA) is 9.23 Å². The largest absolute Gasteiger partial charge is 0.476 e. The summed E-state index contributed by atoms with van der Waals surface area (Å²) >= 11 is 17.9. The van der Waals surface area contributed by atoms with Crippen LogP contribution in [0.1, 0.15) is 5.56 Å². The Morgan fingerprint density at radius 3 is 2.35 bits per heavy atom. The van der Waals surface area contributed by atoms with Crippen molar-refractivity contribution in [2.24, 2.45) is 0 Å². The summed E-state index contributed by atoms with van der Waals surface area (Å²) in [7, 11) is 0. The number of hydrogen-bond donors (Lipinski definition) is 0. The minimum Gasteiger partial charge on any atom is -0.476 e. The molecule has 0 amide bonds. The minimum atomic E-state index is -4.50. The molecule has 0 aromatic heterocycles. The Morgan fingerprint density at radius 1 is 0.957 bits per heavy atom. The molecular formula is C16H8Cl3F3O. The van der Waals surface area contributed by atoms with Crippen molar-refractivity contribution in [2.45, 2.75) is 12.3 Å². The third kappa shape index (κ3) is 3.30. The highest BCUT2D eigenvalue weighted by atomic mass is 35.5. The van der Waals surface area contributed by atoms with Crippen LogP contribution in [-0.4, -0.2) is 12.3 Å². The maximum atomic E-state index is 12.9. The summed E-state index contributed by atoms with van der Waals surface area (Å²) in [4.78, 5) is 0. The fourth-order valence-electron chi connectivity index (χ4n) is 2.28. The van der Waals surface area contributed by atoms with Gasteiger partial charge in [-0.25, -0.2) is 0 Å². The van der Waals surface area contributed by atoms with Crippen LogP contribution in [0.4, 0.5) is 13.2 Å². The molecule has 0 aliphatic carbocycles. The molecule has 1 nitrogen and oxygen atoms in total. The molecule has 2 aromatic rings. The molecule has 0 radical (unpaired) electrons. The van der Waals surface area contributed by atoms with Crippen LogP contribution < -0.4 is 4.74 Å². The lowest BCUT2D eigenvalue weighted by Crippen LogP contribution is -2.34. The summed E-state index contributed by atoms with van der Waals surface area (Å²) in [6, 6.07) is 7.84. The fourth-order valence-corrected chi connectivity index (χ4v) is 2.81. The lowest BCUT2D eigenvalue weighted by atomic mass is 9.99. The summed E-state index contributed by atoms with van der Waals surface area (Å²) in [5.41, 5.74) is 1.46. The van der Waals surface area contributed by atoms with E-state index in [1.165, 1.54) is 12.1 Å². The summed E-state index contributed by atoms with van der Waals surface area (Å²) in [6.07, 6.45) is -4.19. The zero-order valence-corrected chi connectivity index (χ0v) is 13.6. The number of ether oxygens (including phenoxy) is 1. The molecule has 0 fully saturated rings.